The van der Waals surface area contributed by atoms with Crippen molar-refractivity contribution in [2.45, 2.75) is 45.7 Å². The number of rotatable bonds is 13. The first-order valence-electron chi connectivity index (χ1n) is 11.5. The smallest absolute Gasteiger partial charge is 0.341 e. The molecule has 0 bridgehead atoms. The Kier molecular flexibility index (Phi) is 12.4. The van der Waals surface area contributed by atoms with Crippen molar-refractivity contribution in [1.29, 1.82) is 0 Å². The topological polar surface area (TPSA) is 108 Å². The molecule has 1 aliphatic rings. The lowest BCUT2D eigenvalue weighted by atomic mass is 10.2. The number of ether oxygens (including phenoxy) is 1. The number of nitrogens with zero attached hydrogens (tertiary/aromatic N) is 3. The average Bonchev–Trinajstić information content (AvgIpc) is 2.81. The third kappa shape index (κ3) is 10.7. The molecule has 1 aromatic rings. The van der Waals surface area contributed by atoms with E-state index in [4.69, 9.17) is 9.57 Å². The Hall–Kier alpha value is -2.43. The Morgan fingerprint density at radius 3 is 2.59 bits per heavy atom. The van der Waals surface area contributed by atoms with E-state index in [9.17, 15) is 9.59 Å². The third-order valence-corrected chi connectivity index (χ3v) is 5.00. The third-order valence-electron chi connectivity index (χ3n) is 5.00. The molecular formula is C22H38N6O4. The number of hydrogen-bond acceptors (Lipinski definition) is 6. The van der Waals surface area contributed by atoms with Crippen LogP contribution >= 0.6 is 0 Å². The summed E-state index contributed by atoms with van der Waals surface area (Å²) in [4.78, 5) is 36.2. The average molecular weight is 451 g/mol. The maximum atomic E-state index is 12.4. The molecule has 32 heavy (non-hydrogen) atoms. The molecule has 4 amide bonds. The van der Waals surface area contributed by atoms with E-state index in [-0.39, 0.29) is 18.1 Å². The Morgan fingerprint density at radius 1 is 1.16 bits per heavy atom. The predicted molar refractivity (Wildman–Crippen MR) is 122 cm³/mol. The SMILES string of the molecule is CC(C)N(OCCN1CCOCC1)C(=O)NCCCCCNC(=O)NCc1cccnc1. The lowest BCUT2D eigenvalue weighted by molar-refractivity contribution is -0.142. The predicted octanol–water partition coefficient (Wildman–Crippen LogP) is 1.73. The van der Waals surface area contributed by atoms with Crippen molar-refractivity contribution in [3.63, 3.8) is 0 Å². The molecule has 180 valence electrons. The number of urea groups is 2. The Balaban J connectivity index is 1.49. The van der Waals surface area contributed by atoms with Crippen LogP contribution in [0.4, 0.5) is 9.59 Å². The number of carbonyl (C=O) groups excluding carboxylic acids is 2. The molecule has 0 saturated carbocycles. The highest BCUT2D eigenvalue weighted by atomic mass is 16.7. The van der Waals surface area contributed by atoms with E-state index in [0.717, 1.165) is 57.7 Å². The summed E-state index contributed by atoms with van der Waals surface area (Å²) in [6.07, 6.45) is 6.02. The van der Waals surface area contributed by atoms with Gasteiger partial charge in [0, 0.05) is 51.7 Å². The van der Waals surface area contributed by atoms with Crippen LogP contribution in [0.15, 0.2) is 24.5 Å². The normalized spacial score (nSPS) is 14.2. The fourth-order valence-corrected chi connectivity index (χ4v) is 3.18. The summed E-state index contributed by atoms with van der Waals surface area (Å²) >= 11 is 0. The van der Waals surface area contributed by atoms with Crippen LogP contribution in [0.5, 0.6) is 0 Å². The molecule has 1 fully saturated rings. The van der Waals surface area contributed by atoms with E-state index < -0.39 is 0 Å². The van der Waals surface area contributed by atoms with Gasteiger partial charge in [-0.25, -0.2) is 14.7 Å². The van der Waals surface area contributed by atoms with E-state index in [1.807, 2.05) is 26.0 Å². The molecule has 0 spiro atoms. The van der Waals surface area contributed by atoms with Crippen LogP contribution in [0.2, 0.25) is 0 Å². The molecule has 10 nitrogen and oxygen atoms in total. The highest BCUT2D eigenvalue weighted by molar-refractivity contribution is 5.73. The maximum absolute atomic E-state index is 12.4. The minimum atomic E-state index is -0.213. The van der Waals surface area contributed by atoms with Gasteiger partial charge in [0.15, 0.2) is 0 Å². The van der Waals surface area contributed by atoms with Crippen LogP contribution in [0.3, 0.4) is 0 Å². The van der Waals surface area contributed by atoms with Crippen LogP contribution in [0.1, 0.15) is 38.7 Å². The summed E-state index contributed by atoms with van der Waals surface area (Å²) in [5.74, 6) is 0. The van der Waals surface area contributed by atoms with Gasteiger partial charge in [0.2, 0.25) is 0 Å². The molecule has 0 unspecified atom stereocenters. The Labute approximate surface area is 191 Å². The number of hydroxylamine groups is 2. The zero-order valence-electron chi connectivity index (χ0n) is 19.3. The first-order chi connectivity index (χ1) is 15.6. The van der Waals surface area contributed by atoms with E-state index in [1.54, 1.807) is 12.4 Å². The maximum Gasteiger partial charge on any atom is 0.341 e. The van der Waals surface area contributed by atoms with Crippen molar-refractivity contribution < 1.29 is 19.2 Å². The quantitative estimate of drug-likeness (QED) is 0.312. The van der Waals surface area contributed by atoms with E-state index in [0.29, 0.717) is 26.2 Å². The number of nitrogens with one attached hydrogen (secondary N) is 3. The zero-order chi connectivity index (χ0) is 23.0. The fraction of sp³-hybridized carbons (Fsp3) is 0.682. The fourth-order valence-electron chi connectivity index (χ4n) is 3.18. The van der Waals surface area contributed by atoms with Crippen molar-refractivity contribution >= 4 is 12.1 Å². The molecule has 0 atom stereocenters. The number of hydrogen-bond donors (Lipinski definition) is 3. The molecule has 2 rings (SSSR count). The molecule has 0 aromatic carbocycles. The van der Waals surface area contributed by atoms with Crippen molar-refractivity contribution in [2.24, 2.45) is 0 Å². The second-order valence-corrected chi connectivity index (χ2v) is 7.97. The molecule has 3 N–H and O–H groups in total. The summed E-state index contributed by atoms with van der Waals surface area (Å²) in [5.41, 5.74) is 0.957. The first-order valence-corrected chi connectivity index (χ1v) is 11.5. The van der Waals surface area contributed by atoms with Crippen molar-refractivity contribution in [3.05, 3.63) is 30.1 Å². The minimum absolute atomic E-state index is 0.0472. The number of pyridine rings is 1. The summed E-state index contributed by atoms with van der Waals surface area (Å²) < 4.78 is 5.34. The van der Waals surface area contributed by atoms with E-state index in [1.165, 1.54) is 5.06 Å². The van der Waals surface area contributed by atoms with Gasteiger partial charge in [-0.05, 0) is 44.7 Å². The summed E-state index contributed by atoms with van der Waals surface area (Å²) in [6, 6.07) is 3.30. The highest BCUT2D eigenvalue weighted by Crippen LogP contribution is 2.03. The van der Waals surface area contributed by atoms with Crippen LogP contribution in [0, 0.1) is 0 Å². The van der Waals surface area contributed by atoms with Gasteiger partial charge in [0.25, 0.3) is 0 Å². The molecule has 0 radical (unpaired) electrons. The van der Waals surface area contributed by atoms with Crippen LogP contribution in [-0.2, 0) is 16.1 Å². The van der Waals surface area contributed by atoms with Gasteiger partial charge in [-0.1, -0.05) is 6.07 Å². The monoisotopic (exact) mass is 450 g/mol. The number of morpholine rings is 1. The van der Waals surface area contributed by atoms with Crippen molar-refractivity contribution in [1.82, 2.24) is 30.9 Å². The molecule has 1 aliphatic heterocycles. The van der Waals surface area contributed by atoms with Gasteiger partial charge in [-0.3, -0.25) is 14.7 Å². The van der Waals surface area contributed by atoms with Gasteiger partial charge in [-0.2, -0.15) is 0 Å². The molecule has 2 heterocycles. The van der Waals surface area contributed by atoms with Gasteiger partial charge in [-0.15, -0.1) is 0 Å². The lowest BCUT2D eigenvalue weighted by Gasteiger charge is -2.29. The van der Waals surface area contributed by atoms with Gasteiger partial charge >= 0.3 is 12.1 Å². The van der Waals surface area contributed by atoms with E-state index in [2.05, 4.69) is 25.8 Å². The lowest BCUT2D eigenvalue weighted by Crippen LogP contribution is -2.46. The number of amides is 4. The van der Waals surface area contributed by atoms with E-state index >= 15 is 0 Å². The standard InChI is InChI=1S/C22H38N6O4/c1-19(2)28(32-16-13-27-11-14-31-15-12-27)22(30)25-10-5-3-4-9-24-21(29)26-18-20-7-6-8-23-17-20/h6-8,17,19H,3-5,9-16,18H2,1-2H3,(H,25,30)(H2,24,26,29). The van der Waals surface area contributed by atoms with Gasteiger partial charge < -0.3 is 20.7 Å². The summed E-state index contributed by atoms with van der Waals surface area (Å²) in [5, 5.41) is 9.96. The summed E-state index contributed by atoms with van der Waals surface area (Å²) in [6.45, 7) is 10.0. The van der Waals surface area contributed by atoms with Gasteiger partial charge in [0.1, 0.15) is 0 Å². The molecule has 1 aromatic heterocycles. The Bertz CT molecular complexity index is 655. The van der Waals surface area contributed by atoms with Crippen LogP contribution in [-0.4, -0.2) is 85.6 Å². The van der Waals surface area contributed by atoms with Crippen molar-refractivity contribution in [3.8, 4) is 0 Å². The minimum Gasteiger partial charge on any atom is -0.379 e. The molecular weight excluding hydrogens is 412 g/mol. The molecule has 10 heteroatoms. The van der Waals surface area contributed by atoms with Crippen molar-refractivity contribution in [2.75, 3.05) is 52.5 Å². The van der Waals surface area contributed by atoms with Crippen LogP contribution < -0.4 is 16.0 Å². The second kappa shape index (κ2) is 15.4. The number of unbranched alkanes of at least 4 members (excludes halogenated alkanes) is 2. The largest absolute Gasteiger partial charge is 0.379 e. The zero-order valence-corrected chi connectivity index (χ0v) is 19.3. The first kappa shape index (κ1) is 25.8. The number of carbonyl (C=O) groups is 2. The highest BCUT2D eigenvalue weighted by Gasteiger charge is 2.18. The van der Waals surface area contributed by atoms with Crippen LogP contribution in [0.25, 0.3) is 0 Å². The molecule has 0 aliphatic carbocycles. The Morgan fingerprint density at radius 2 is 1.91 bits per heavy atom. The number of aromatic nitrogens is 1. The second-order valence-electron chi connectivity index (χ2n) is 7.97. The molecule has 1 saturated heterocycles. The van der Waals surface area contributed by atoms with Gasteiger partial charge in [0.05, 0.1) is 25.9 Å². The summed E-state index contributed by atoms with van der Waals surface area (Å²) in [7, 11) is 0.